The summed E-state index contributed by atoms with van der Waals surface area (Å²) in [4.78, 5) is 0. The van der Waals surface area contributed by atoms with Crippen LogP contribution in [0.2, 0.25) is 0 Å². The molecule has 0 saturated heterocycles. The molecule has 0 fully saturated rings. The average Bonchev–Trinajstić information content (AvgIpc) is 3.05. The first-order valence-electron chi connectivity index (χ1n) is 6.27. The molecule has 1 heterocycles. The van der Waals surface area contributed by atoms with Gasteiger partial charge in [-0.25, -0.2) is 0 Å². The summed E-state index contributed by atoms with van der Waals surface area (Å²) in [5, 5.41) is 1.47. The van der Waals surface area contributed by atoms with E-state index in [1.807, 2.05) is 0 Å². The average molecular weight is 248 g/mol. The van der Waals surface area contributed by atoms with Crippen molar-refractivity contribution in [1.82, 2.24) is 0 Å². The standard InChI is InChI=1S/C17H13P/c1-2-5-15-12(4-1)10-14-11-13(7-8-16(14)15)17-6-3-9-18-17/h1-9,11,18H,10H2. The van der Waals surface area contributed by atoms with Gasteiger partial charge in [0.15, 0.2) is 0 Å². The second kappa shape index (κ2) is 3.86. The van der Waals surface area contributed by atoms with Gasteiger partial charge in [-0.15, -0.1) is 8.19 Å². The maximum Gasteiger partial charge on any atom is -0.00132 e. The minimum Gasteiger partial charge on any atom is -0.132 e. The predicted molar refractivity (Wildman–Crippen MR) is 79.6 cm³/mol. The van der Waals surface area contributed by atoms with E-state index in [4.69, 9.17) is 0 Å². The molecule has 1 heteroatoms. The second-order valence-corrected chi connectivity index (χ2v) is 5.95. The normalized spacial score (nSPS) is 12.7. The van der Waals surface area contributed by atoms with E-state index in [1.165, 1.54) is 33.1 Å². The van der Waals surface area contributed by atoms with Crippen molar-refractivity contribution in [3.8, 4) is 22.0 Å². The van der Waals surface area contributed by atoms with Gasteiger partial charge in [-0.05, 0) is 51.4 Å². The van der Waals surface area contributed by atoms with Gasteiger partial charge in [0.1, 0.15) is 0 Å². The van der Waals surface area contributed by atoms with E-state index >= 15 is 0 Å². The monoisotopic (exact) mass is 248 g/mol. The van der Waals surface area contributed by atoms with E-state index in [0.717, 1.165) is 14.6 Å². The molecule has 18 heavy (non-hydrogen) atoms. The van der Waals surface area contributed by atoms with Crippen molar-refractivity contribution in [2.45, 2.75) is 6.42 Å². The van der Waals surface area contributed by atoms with Crippen molar-refractivity contribution in [1.29, 1.82) is 0 Å². The highest BCUT2D eigenvalue weighted by molar-refractivity contribution is 7.33. The van der Waals surface area contributed by atoms with Crippen LogP contribution in [0.15, 0.2) is 60.4 Å². The van der Waals surface area contributed by atoms with E-state index < -0.39 is 0 Å². The van der Waals surface area contributed by atoms with Crippen LogP contribution >= 0.6 is 8.19 Å². The van der Waals surface area contributed by atoms with Crippen LogP contribution in [0.25, 0.3) is 22.0 Å². The van der Waals surface area contributed by atoms with Gasteiger partial charge < -0.3 is 0 Å². The molecule has 0 nitrogen and oxygen atoms in total. The van der Waals surface area contributed by atoms with E-state index in [-0.39, 0.29) is 0 Å². The molecule has 3 aromatic rings. The smallest absolute Gasteiger partial charge is 0.00132 e. The lowest BCUT2D eigenvalue weighted by Gasteiger charge is -2.03. The maximum atomic E-state index is 2.38. The van der Waals surface area contributed by atoms with Crippen molar-refractivity contribution in [3.05, 3.63) is 71.5 Å². The molecule has 1 aliphatic rings. The van der Waals surface area contributed by atoms with Crippen molar-refractivity contribution >= 4 is 8.19 Å². The van der Waals surface area contributed by atoms with Crippen LogP contribution in [-0.4, -0.2) is 0 Å². The Hall–Kier alpha value is -1.78. The fourth-order valence-corrected chi connectivity index (χ4v) is 3.71. The fourth-order valence-electron chi connectivity index (χ4n) is 2.82. The largest absolute Gasteiger partial charge is 0.132 e. The highest BCUT2D eigenvalue weighted by atomic mass is 31.0. The van der Waals surface area contributed by atoms with Gasteiger partial charge in [-0.3, -0.25) is 0 Å². The van der Waals surface area contributed by atoms with Crippen LogP contribution in [0, 0.1) is 0 Å². The Kier molecular flexibility index (Phi) is 2.18. The first kappa shape index (κ1) is 10.2. The second-order valence-electron chi connectivity index (χ2n) is 4.79. The maximum absolute atomic E-state index is 2.38. The van der Waals surface area contributed by atoms with Gasteiger partial charge in [-0.2, -0.15) is 0 Å². The van der Waals surface area contributed by atoms with Crippen LogP contribution in [0.4, 0.5) is 0 Å². The van der Waals surface area contributed by atoms with Crippen LogP contribution in [0.3, 0.4) is 0 Å². The topological polar surface area (TPSA) is 0 Å². The Morgan fingerprint density at radius 2 is 1.67 bits per heavy atom. The zero-order valence-electron chi connectivity index (χ0n) is 9.98. The molecule has 0 N–H and O–H groups in total. The van der Waals surface area contributed by atoms with Crippen LogP contribution in [0.1, 0.15) is 11.1 Å². The van der Waals surface area contributed by atoms with Crippen molar-refractivity contribution in [2.75, 3.05) is 0 Å². The molecular formula is C17H13P. The number of hydrogen-bond acceptors (Lipinski definition) is 0. The number of rotatable bonds is 1. The Bertz CT molecular complexity index is 708. The third kappa shape index (κ3) is 1.46. The molecule has 86 valence electrons. The third-order valence-corrected chi connectivity index (χ3v) is 4.83. The molecular weight excluding hydrogens is 235 g/mol. The molecule has 0 radical (unpaired) electrons. The van der Waals surface area contributed by atoms with Crippen LogP contribution < -0.4 is 0 Å². The molecule has 0 bridgehead atoms. The number of fused-ring (bicyclic) bond motifs is 3. The van der Waals surface area contributed by atoms with Crippen molar-refractivity contribution in [3.63, 3.8) is 0 Å². The summed E-state index contributed by atoms with van der Waals surface area (Å²) in [7, 11) is 0.832. The first-order valence-corrected chi connectivity index (χ1v) is 7.34. The van der Waals surface area contributed by atoms with Gasteiger partial charge in [0.2, 0.25) is 0 Å². The van der Waals surface area contributed by atoms with Gasteiger partial charge >= 0.3 is 0 Å². The zero-order chi connectivity index (χ0) is 11.9. The van der Waals surface area contributed by atoms with E-state index in [1.54, 1.807) is 0 Å². The van der Waals surface area contributed by atoms with E-state index in [0.29, 0.717) is 0 Å². The SMILES string of the molecule is c1c[pH]c(-c2ccc3c(c2)Cc2ccccc2-3)c1. The zero-order valence-corrected chi connectivity index (χ0v) is 11.0. The molecule has 1 aromatic heterocycles. The summed E-state index contributed by atoms with van der Waals surface area (Å²) < 4.78 is 0. The van der Waals surface area contributed by atoms with Gasteiger partial charge in [0.05, 0.1) is 0 Å². The summed E-state index contributed by atoms with van der Waals surface area (Å²) >= 11 is 0. The highest BCUT2D eigenvalue weighted by Gasteiger charge is 2.17. The quantitative estimate of drug-likeness (QED) is 0.447. The minimum absolute atomic E-state index is 0.832. The van der Waals surface area contributed by atoms with Gasteiger partial charge in [0.25, 0.3) is 0 Å². The van der Waals surface area contributed by atoms with E-state index in [2.05, 4.69) is 60.4 Å². The summed E-state index contributed by atoms with van der Waals surface area (Å²) in [5.41, 5.74) is 7.17. The van der Waals surface area contributed by atoms with Crippen LogP contribution in [0.5, 0.6) is 0 Å². The summed E-state index contributed by atoms with van der Waals surface area (Å²) in [5.74, 6) is 2.25. The van der Waals surface area contributed by atoms with Crippen LogP contribution in [-0.2, 0) is 6.42 Å². The molecule has 1 unspecified atom stereocenters. The number of hydrogen-bond donors (Lipinski definition) is 0. The molecule has 1 aliphatic carbocycles. The summed E-state index contributed by atoms with van der Waals surface area (Å²) in [6.07, 6.45) is 1.09. The van der Waals surface area contributed by atoms with Crippen molar-refractivity contribution in [2.24, 2.45) is 0 Å². The molecule has 0 amide bonds. The third-order valence-electron chi connectivity index (χ3n) is 3.70. The minimum atomic E-state index is 0.832. The summed E-state index contributed by atoms with van der Waals surface area (Å²) in [6, 6.07) is 20.1. The Labute approximate surface area is 108 Å². The molecule has 0 aliphatic heterocycles. The summed E-state index contributed by atoms with van der Waals surface area (Å²) in [6.45, 7) is 0. The molecule has 0 spiro atoms. The Morgan fingerprint density at radius 1 is 0.778 bits per heavy atom. The Balaban J connectivity index is 1.87. The van der Waals surface area contributed by atoms with Gasteiger partial charge in [-0.1, -0.05) is 48.5 Å². The van der Waals surface area contributed by atoms with Crippen molar-refractivity contribution < 1.29 is 0 Å². The number of benzene rings is 2. The lowest BCUT2D eigenvalue weighted by Crippen LogP contribution is -1.81. The Morgan fingerprint density at radius 3 is 2.56 bits per heavy atom. The lowest BCUT2D eigenvalue weighted by molar-refractivity contribution is 1.26. The molecule has 2 aromatic carbocycles. The first-order chi connectivity index (χ1) is 8.92. The highest BCUT2D eigenvalue weighted by Crippen LogP contribution is 2.39. The van der Waals surface area contributed by atoms with E-state index in [9.17, 15) is 0 Å². The lowest BCUT2D eigenvalue weighted by atomic mass is 10.0. The van der Waals surface area contributed by atoms with Gasteiger partial charge in [0, 0.05) is 0 Å². The molecule has 4 rings (SSSR count). The predicted octanol–water partition coefficient (Wildman–Crippen LogP) is 4.96. The molecule has 0 saturated carbocycles. The molecule has 1 atom stereocenters. The fraction of sp³-hybridized carbons (Fsp3) is 0.0588.